The molecule has 2 rings (SSSR count). The van der Waals surface area contributed by atoms with Gasteiger partial charge in [-0.05, 0) is 18.2 Å². The summed E-state index contributed by atoms with van der Waals surface area (Å²) in [6.45, 7) is 0.404. The molecule has 0 amide bonds. The Hall–Kier alpha value is -2.87. The molecule has 0 saturated carbocycles. The van der Waals surface area contributed by atoms with E-state index in [0.29, 0.717) is 16.8 Å². The van der Waals surface area contributed by atoms with Crippen molar-refractivity contribution in [3.63, 3.8) is 0 Å². The summed E-state index contributed by atoms with van der Waals surface area (Å²) in [7, 11) is 0. The smallest absolute Gasteiger partial charge is 0.305 e. The van der Waals surface area contributed by atoms with Crippen LogP contribution in [0.3, 0.4) is 0 Å². The number of carbonyl (C=O) groups is 1. The predicted molar refractivity (Wildman–Crippen MR) is 80.9 cm³/mol. The zero-order chi connectivity index (χ0) is 15.9. The van der Waals surface area contributed by atoms with E-state index in [0.717, 1.165) is 0 Å². The van der Waals surface area contributed by atoms with E-state index in [4.69, 9.17) is 5.11 Å². The van der Waals surface area contributed by atoms with Gasteiger partial charge >= 0.3 is 5.97 Å². The van der Waals surface area contributed by atoms with Crippen LogP contribution in [0.2, 0.25) is 0 Å². The highest BCUT2D eigenvalue weighted by Gasteiger charge is 2.14. The minimum absolute atomic E-state index is 0.0891. The Morgan fingerprint density at radius 1 is 1.18 bits per heavy atom. The van der Waals surface area contributed by atoms with Gasteiger partial charge in [0.15, 0.2) is 0 Å². The molecule has 0 aliphatic heterocycles. The first-order valence-electron chi connectivity index (χ1n) is 6.81. The maximum atomic E-state index is 13.8. The number of aliphatic carboxylic acids is 1. The fourth-order valence-electron chi connectivity index (χ4n) is 2.19. The highest BCUT2D eigenvalue weighted by Crippen LogP contribution is 2.23. The Balaban J connectivity index is 2.32. The van der Waals surface area contributed by atoms with E-state index < -0.39 is 5.97 Å². The standard InChI is InChI=1S/C17H15FN2O2/c18-15-7-3-1-6-14(15)12-20(10-9-17(21)22)16-8-4-2-5-13(16)11-19/h1-8H,9-10,12H2,(H,21,22). The van der Waals surface area contributed by atoms with Gasteiger partial charge in [-0.2, -0.15) is 5.26 Å². The van der Waals surface area contributed by atoms with E-state index in [1.165, 1.54) is 6.07 Å². The fraction of sp³-hybridized carbons (Fsp3) is 0.176. The van der Waals surface area contributed by atoms with Crippen molar-refractivity contribution >= 4 is 11.7 Å². The molecule has 0 saturated heterocycles. The lowest BCUT2D eigenvalue weighted by molar-refractivity contribution is -0.136. The van der Waals surface area contributed by atoms with E-state index in [9.17, 15) is 14.4 Å². The average Bonchev–Trinajstić information content (AvgIpc) is 2.53. The number of carboxylic acid groups (broad SMARTS) is 1. The Morgan fingerprint density at radius 3 is 2.55 bits per heavy atom. The van der Waals surface area contributed by atoms with Gasteiger partial charge < -0.3 is 10.0 Å². The third-order valence-electron chi connectivity index (χ3n) is 3.28. The van der Waals surface area contributed by atoms with Crippen LogP contribution in [0.25, 0.3) is 0 Å². The van der Waals surface area contributed by atoms with Gasteiger partial charge in [0.25, 0.3) is 0 Å². The zero-order valence-corrected chi connectivity index (χ0v) is 11.9. The number of benzene rings is 2. The molecular formula is C17H15FN2O2. The van der Waals surface area contributed by atoms with Crippen LogP contribution in [-0.4, -0.2) is 17.6 Å². The number of anilines is 1. The fourth-order valence-corrected chi connectivity index (χ4v) is 2.19. The van der Waals surface area contributed by atoms with E-state index in [1.54, 1.807) is 47.4 Å². The molecule has 0 aliphatic rings. The van der Waals surface area contributed by atoms with Crippen molar-refractivity contribution in [3.8, 4) is 6.07 Å². The second-order valence-electron chi connectivity index (χ2n) is 4.79. The molecular weight excluding hydrogens is 283 g/mol. The molecule has 0 spiro atoms. The first-order valence-corrected chi connectivity index (χ1v) is 6.81. The molecule has 0 aliphatic carbocycles. The number of para-hydroxylation sites is 1. The normalized spacial score (nSPS) is 10.0. The highest BCUT2D eigenvalue weighted by atomic mass is 19.1. The number of halogens is 1. The SMILES string of the molecule is N#Cc1ccccc1N(CCC(=O)O)Cc1ccccc1F. The molecule has 0 bridgehead atoms. The summed E-state index contributed by atoms with van der Waals surface area (Å²) in [5, 5.41) is 18.1. The molecule has 0 fully saturated rings. The second kappa shape index (κ2) is 7.23. The van der Waals surface area contributed by atoms with Crippen molar-refractivity contribution in [2.75, 3.05) is 11.4 Å². The zero-order valence-electron chi connectivity index (χ0n) is 11.9. The van der Waals surface area contributed by atoms with E-state index in [-0.39, 0.29) is 25.3 Å². The second-order valence-corrected chi connectivity index (χ2v) is 4.79. The Bertz CT molecular complexity index is 710. The summed E-state index contributed by atoms with van der Waals surface area (Å²) < 4.78 is 13.8. The van der Waals surface area contributed by atoms with Gasteiger partial charge in [-0.1, -0.05) is 30.3 Å². The lowest BCUT2D eigenvalue weighted by Gasteiger charge is -2.25. The van der Waals surface area contributed by atoms with Crippen LogP contribution in [0.5, 0.6) is 0 Å². The molecule has 4 nitrogen and oxygen atoms in total. The van der Waals surface area contributed by atoms with Gasteiger partial charge in [-0.15, -0.1) is 0 Å². The lowest BCUT2D eigenvalue weighted by Crippen LogP contribution is -2.27. The number of hydrogen-bond acceptors (Lipinski definition) is 3. The van der Waals surface area contributed by atoms with Crippen molar-refractivity contribution in [3.05, 3.63) is 65.5 Å². The van der Waals surface area contributed by atoms with Crippen LogP contribution < -0.4 is 4.90 Å². The highest BCUT2D eigenvalue weighted by molar-refractivity contribution is 5.68. The van der Waals surface area contributed by atoms with Crippen molar-refractivity contribution in [2.24, 2.45) is 0 Å². The molecule has 112 valence electrons. The summed E-state index contributed by atoms with van der Waals surface area (Å²) in [4.78, 5) is 12.6. The Labute approximate surface area is 128 Å². The molecule has 0 radical (unpaired) electrons. The lowest BCUT2D eigenvalue weighted by atomic mass is 10.1. The Morgan fingerprint density at radius 2 is 1.86 bits per heavy atom. The van der Waals surface area contributed by atoms with Crippen molar-refractivity contribution in [2.45, 2.75) is 13.0 Å². The quantitative estimate of drug-likeness (QED) is 0.889. The molecule has 0 atom stereocenters. The third kappa shape index (κ3) is 3.83. The van der Waals surface area contributed by atoms with E-state index >= 15 is 0 Å². The summed E-state index contributed by atoms with van der Waals surface area (Å²) in [6.07, 6.45) is -0.0891. The number of nitriles is 1. The van der Waals surface area contributed by atoms with Crippen molar-refractivity contribution in [1.29, 1.82) is 5.26 Å². The van der Waals surface area contributed by atoms with Crippen LogP contribution in [0, 0.1) is 17.1 Å². The molecule has 0 aromatic heterocycles. The number of hydrogen-bond donors (Lipinski definition) is 1. The predicted octanol–water partition coefficient (Wildman–Crippen LogP) is 3.18. The largest absolute Gasteiger partial charge is 0.481 e. The minimum Gasteiger partial charge on any atom is -0.481 e. The number of rotatable bonds is 6. The van der Waals surface area contributed by atoms with Gasteiger partial charge in [0.1, 0.15) is 11.9 Å². The van der Waals surface area contributed by atoms with Crippen LogP contribution >= 0.6 is 0 Å². The molecule has 2 aromatic carbocycles. The summed E-state index contributed by atoms with van der Waals surface area (Å²) in [5.74, 6) is -1.29. The van der Waals surface area contributed by atoms with Gasteiger partial charge in [0.2, 0.25) is 0 Å². The molecule has 1 N–H and O–H groups in total. The van der Waals surface area contributed by atoms with Crippen molar-refractivity contribution in [1.82, 2.24) is 0 Å². The number of nitrogens with zero attached hydrogens (tertiary/aromatic N) is 2. The summed E-state index contributed by atoms with van der Waals surface area (Å²) >= 11 is 0. The van der Waals surface area contributed by atoms with Crippen LogP contribution in [0.15, 0.2) is 48.5 Å². The third-order valence-corrected chi connectivity index (χ3v) is 3.28. The van der Waals surface area contributed by atoms with Gasteiger partial charge in [0.05, 0.1) is 17.7 Å². The average molecular weight is 298 g/mol. The monoisotopic (exact) mass is 298 g/mol. The van der Waals surface area contributed by atoms with Gasteiger partial charge in [-0.25, -0.2) is 4.39 Å². The molecule has 2 aromatic rings. The first-order chi connectivity index (χ1) is 10.6. The van der Waals surface area contributed by atoms with Crippen molar-refractivity contribution < 1.29 is 14.3 Å². The molecule has 5 heteroatoms. The van der Waals surface area contributed by atoms with E-state index in [1.807, 2.05) is 0 Å². The molecule has 0 unspecified atom stereocenters. The maximum Gasteiger partial charge on any atom is 0.305 e. The van der Waals surface area contributed by atoms with Gasteiger partial charge in [0, 0.05) is 18.7 Å². The first kappa shape index (κ1) is 15.5. The van der Waals surface area contributed by atoms with Crippen LogP contribution in [0.1, 0.15) is 17.5 Å². The summed E-state index contributed by atoms with van der Waals surface area (Å²) in [6, 6.07) is 15.3. The minimum atomic E-state index is -0.937. The van der Waals surface area contributed by atoms with Crippen LogP contribution in [0.4, 0.5) is 10.1 Å². The van der Waals surface area contributed by atoms with Gasteiger partial charge in [-0.3, -0.25) is 4.79 Å². The van der Waals surface area contributed by atoms with Crippen LogP contribution in [-0.2, 0) is 11.3 Å². The molecule has 0 heterocycles. The summed E-state index contributed by atoms with van der Waals surface area (Å²) in [5.41, 5.74) is 1.50. The maximum absolute atomic E-state index is 13.8. The van der Waals surface area contributed by atoms with E-state index in [2.05, 4.69) is 6.07 Å². The topological polar surface area (TPSA) is 64.3 Å². The Kier molecular flexibility index (Phi) is 5.10. The molecule has 22 heavy (non-hydrogen) atoms. The number of carboxylic acids is 1.